The van der Waals surface area contributed by atoms with E-state index in [1.54, 1.807) is 12.1 Å². The van der Waals surface area contributed by atoms with Crippen molar-refractivity contribution in [2.24, 2.45) is 0 Å². The third kappa shape index (κ3) is 1.25. The Morgan fingerprint density at radius 1 is 1.67 bits per heavy atom. The lowest BCUT2D eigenvalue weighted by atomic mass is 10.4. The zero-order valence-electron chi connectivity index (χ0n) is 5.61. The molecule has 1 aromatic rings. The average molecular weight is 124 g/mol. The maximum atomic E-state index is 10.1. The molecule has 0 spiro atoms. The Balaban J connectivity index is 0.000000810. The summed E-state index contributed by atoms with van der Waals surface area (Å²) in [4.78, 5) is 13.7. The molecule has 1 N–H and O–H groups in total. The summed E-state index contributed by atoms with van der Waals surface area (Å²) in [6, 6.07) is 4.76. The molecule has 0 aliphatic carbocycles. The highest BCUT2D eigenvalue weighted by Gasteiger charge is 1.98. The summed E-state index contributed by atoms with van der Waals surface area (Å²) in [5, 5.41) is 8.32. The first-order chi connectivity index (χ1) is 4.30. The molecule has 0 aliphatic heterocycles. The Morgan fingerprint density at radius 3 is 2.78 bits per heavy atom. The molecule has 3 heteroatoms. The monoisotopic (exact) mass is 124 g/mol. The molecule has 0 bridgehead atoms. The summed E-state index contributed by atoms with van der Waals surface area (Å²) in [6.45, 7) is 0. The highest BCUT2D eigenvalue weighted by molar-refractivity contribution is 5.85. The van der Waals surface area contributed by atoms with Gasteiger partial charge < -0.3 is 5.11 Å². The number of rotatable bonds is 1. The number of hydrogen-bond donors (Lipinski definition) is 1. The molecule has 0 amide bonds. The largest absolute Gasteiger partial charge is 0.477 e. The first-order valence-corrected chi connectivity index (χ1v) is 2.45. The van der Waals surface area contributed by atoms with E-state index in [0.29, 0.717) is 0 Å². The Bertz CT molecular complexity index is 212. The van der Waals surface area contributed by atoms with Crippen molar-refractivity contribution in [2.45, 2.75) is 0 Å². The number of aromatic carboxylic acids is 1. The molecule has 0 fully saturated rings. The van der Waals surface area contributed by atoms with Crippen LogP contribution in [0.25, 0.3) is 0 Å². The van der Waals surface area contributed by atoms with E-state index in [1.165, 1.54) is 12.3 Å². The molecule has 1 radical (unpaired) electrons. The summed E-state index contributed by atoms with van der Waals surface area (Å²) >= 11 is 0. The van der Waals surface area contributed by atoms with Gasteiger partial charge in [0.15, 0.2) is 0 Å². The molecule has 3 nitrogen and oxygen atoms in total. The molecule has 1 aromatic heterocycles. The molecule has 0 aromatic carbocycles. The second-order valence-electron chi connectivity index (χ2n) is 1.52. The van der Waals surface area contributed by atoms with E-state index in [-0.39, 0.29) is 7.12 Å². The molecule has 1 heterocycles. The van der Waals surface area contributed by atoms with Crippen LogP contribution in [0.4, 0.5) is 0 Å². The maximum Gasteiger partial charge on any atom is 0.354 e. The van der Waals surface area contributed by atoms with Crippen LogP contribution in [0.15, 0.2) is 24.4 Å². The Labute approximate surface area is 53.5 Å². The smallest absolute Gasteiger partial charge is 0.354 e. The van der Waals surface area contributed by atoms with Crippen molar-refractivity contribution in [3.63, 3.8) is 0 Å². The molecule has 0 saturated carbocycles. The topological polar surface area (TPSA) is 50.2 Å². The second-order valence-corrected chi connectivity index (χ2v) is 1.52. The molecule has 0 atom stereocenters. The number of carboxylic acids is 1. The van der Waals surface area contributed by atoms with Gasteiger partial charge in [0.1, 0.15) is 5.69 Å². The van der Waals surface area contributed by atoms with Gasteiger partial charge in [-0.25, -0.2) is 9.78 Å². The van der Waals surface area contributed by atoms with E-state index in [9.17, 15) is 4.79 Å². The number of carbonyl (C=O) groups is 1. The standard InChI is InChI=1S/C6H5NO2.H/c8-6(9)5-3-1-2-4-7-5;/h1-4H,(H,8,9);. The summed E-state index contributed by atoms with van der Waals surface area (Å²) < 4.78 is 0. The van der Waals surface area contributed by atoms with Gasteiger partial charge in [0.25, 0.3) is 0 Å². The number of hydrogen-bond acceptors (Lipinski definition) is 2. The van der Waals surface area contributed by atoms with E-state index in [2.05, 4.69) is 4.98 Å². The minimum atomic E-state index is -0.990. The van der Waals surface area contributed by atoms with Crippen LogP contribution in [0.2, 0.25) is 0 Å². The van der Waals surface area contributed by atoms with Crippen molar-refractivity contribution in [3.05, 3.63) is 30.1 Å². The third-order valence-corrected chi connectivity index (χ3v) is 0.884. The van der Waals surface area contributed by atoms with E-state index in [4.69, 9.17) is 5.11 Å². The van der Waals surface area contributed by atoms with E-state index in [1.807, 2.05) is 0 Å². The van der Waals surface area contributed by atoms with Crippen LogP contribution in [-0.2, 0) is 0 Å². The van der Waals surface area contributed by atoms with Crippen LogP contribution < -0.4 is 0 Å². The van der Waals surface area contributed by atoms with Crippen molar-refractivity contribution >= 4 is 5.97 Å². The van der Waals surface area contributed by atoms with Gasteiger partial charge in [-0.1, -0.05) is 6.07 Å². The summed E-state index contributed by atoms with van der Waals surface area (Å²) in [6.07, 6.45) is 1.45. The number of pyridine rings is 1. The zero-order valence-corrected chi connectivity index (χ0v) is 4.61. The Hall–Kier alpha value is -1.38. The SMILES string of the molecule is O=C(O)c1ccccn1.[H]. The van der Waals surface area contributed by atoms with E-state index < -0.39 is 5.97 Å². The molecule has 0 saturated heterocycles. The van der Waals surface area contributed by atoms with Crippen molar-refractivity contribution < 1.29 is 11.3 Å². The van der Waals surface area contributed by atoms with Gasteiger partial charge in [0.2, 0.25) is 0 Å². The van der Waals surface area contributed by atoms with Gasteiger partial charge in [-0.2, -0.15) is 0 Å². The molecule has 0 aliphatic rings. The maximum absolute atomic E-state index is 10.1. The van der Waals surface area contributed by atoms with Crippen LogP contribution in [0.3, 0.4) is 0 Å². The molecule has 47 valence electrons. The first-order valence-electron chi connectivity index (χ1n) is 2.45. The number of aromatic nitrogens is 1. The highest BCUT2D eigenvalue weighted by Crippen LogP contribution is 1.90. The van der Waals surface area contributed by atoms with Gasteiger partial charge in [-0.15, -0.1) is 0 Å². The lowest BCUT2D eigenvalue weighted by Gasteiger charge is -1.87. The minimum absolute atomic E-state index is 0. The molecule has 9 heavy (non-hydrogen) atoms. The Kier molecular flexibility index (Phi) is 1.44. The molecule has 1 rings (SSSR count). The zero-order chi connectivity index (χ0) is 6.69. The van der Waals surface area contributed by atoms with Gasteiger partial charge in [-0.3, -0.25) is 0 Å². The second kappa shape index (κ2) is 2.26. The fraction of sp³-hybridized carbons (Fsp3) is 0. The molecular formula is C6H6NO2. The van der Waals surface area contributed by atoms with Gasteiger partial charge in [0.05, 0.1) is 0 Å². The average Bonchev–Trinajstić information content (AvgIpc) is 1.90. The predicted molar refractivity (Wildman–Crippen MR) is 32.3 cm³/mol. The van der Waals surface area contributed by atoms with Crippen LogP contribution in [0.5, 0.6) is 0 Å². The molecular weight excluding hydrogens is 118 g/mol. The third-order valence-electron chi connectivity index (χ3n) is 0.884. The van der Waals surface area contributed by atoms with Crippen molar-refractivity contribution in [1.29, 1.82) is 0 Å². The van der Waals surface area contributed by atoms with Crippen molar-refractivity contribution in [1.82, 2.24) is 4.98 Å². The number of carboxylic acid groups (broad SMARTS) is 1. The van der Waals surface area contributed by atoms with Crippen molar-refractivity contribution in [3.8, 4) is 0 Å². The van der Waals surface area contributed by atoms with Gasteiger partial charge >= 0.3 is 5.97 Å². The highest BCUT2D eigenvalue weighted by atomic mass is 16.4. The van der Waals surface area contributed by atoms with Crippen molar-refractivity contribution in [2.75, 3.05) is 0 Å². The lowest BCUT2D eigenvalue weighted by Crippen LogP contribution is -1.97. The fourth-order valence-corrected chi connectivity index (χ4v) is 0.489. The fourth-order valence-electron chi connectivity index (χ4n) is 0.489. The van der Waals surface area contributed by atoms with Crippen LogP contribution in [0.1, 0.15) is 11.9 Å². The lowest BCUT2D eigenvalue weighted by molar-refractivity contribution is 0.0690. The summed E-state index contributed by atoms with van der Waals surface area (Å²) in [5.41, 5.74) is 0.0810. The normalized spacial score (nSPS) is 8.89. The van der Waals surface area contributed by atoms with Gasteiger partial charge in [0, 0.05) is 7.62 Å². The Morgan fingerprint density at radius 2 is 2.44 bits per heavy atom. The summed E-state index contributed by atoms with van der Waals surface area (Å²) in [5.74, 6) is -0.990. The number of nitrogens with zero attached hydrogens (tertiary/aromatic N) is 1. The van der Waals surface area contributed by atoms with E-state index in [0.717, 1.165) is 0 Å². The van der Waals surface area contributed by atoms with Crippen LogP contribution in [0, 0.1) is 0 Å². The quantitative estimate of drug-likeness (QED) is 0.604. The summed E-state index contributed by atoms with van der Waals surface area (Å²) in [7, 11) is 0. The van der Waals surface area contributed by atoms with Crippen LogP contribution >= 0.6 is 0 Å². The predicted octanol–water partition coefficient (Wildman–Crippen LogP) is 0.892. The van der Waals surface area contributed by atoms with Gasteiger partial charge in [-0.05, 0) is 12.1 Å². The van der Waals surface area contributed by atoms with Crippen LogP contribution in [-0.4, -0.2) is 16.1 Å². The van der Waals surface area contributed by atoms with E-state index >= 15 is 0 Å². The minimum Gasteiger partial charge on any atom is -0.477 e. The molecule has 0 unspecified atom stereocenters. The first kappa shape index (κ1) is 5.75.